The highest BCUT2D eigenvalue weighted by Gasteiger charge is 2.26. The first-order valence-electron chi connectivity index (χ1n) is 5.63. The van der Waals surface area contributed by atoms with Crippen LogP contribution < -0.4 is 11.1 Å². The van der Waals surface area contributed by atoms with Crippen LogP contribution in [0.2, 0.25) is 5.02 Å². The van der Waals surface area contributed by atoms with Gasteiger partial charge in [-0.05, 0) is 38.5 Å². The summed E-state index contributed by atoms with van der Waals surface area (Å²) in [5.41, 5.74) is 6.05. The maximum Gasteiger partial charge on any atom is 0.227 e. The number of benzene rings is 1. The summed E-state index contributed by atoms with van der Waals surface area (Å²) in [7, 11) is 0. The third kappa shape index (κ3) is 4.48. The number of rotatable bonds is 4. The predicted octanol–water partition coefficient (Wildman–Crippen LogP) is 2.92. The topological polar surface area (TPSA) is 55.1 Å². The molecule has 3 nitrogen and oxygen atoms in total. The summed E-state index contributed by atoms with van der Waals surface area (Å²) in [5.74, 6) is -0.0394. The lowest BCUT2D eigenvalue weighted by molar-refractivity contribution is -0.129. The highest BCUT2D eigenvalue weighted by atomic mass is 35.5. The van der Waals surface area contributed by atoms with Crippen molar-refractivity contribution >= 4 is 29.9 Å². The summed E-state index contributed by atoms with van der Waals surface area (Å²) in [4.78, 5) is 11.9. The third-order valence-corrected chi connectivity index (χ3v) is 3.09. The number of hydrogen-bond donors (Lipinski definition) is 2. The maximum atomic E-state index is 11.9. The molecule has 0 aliphatic carbocycles. The van der Waals surface area contributed by atoms with Crippen LogP contribution >= 0.6 is 24.0 Å². The van der Waals surface area contributed by atoms with E-state index in [1.54, 1.807) is 0 Å². The van der Waals surface area contributed by atoms with Gasteiger partial charge in [-0.15, -0.1) is 12.4 Å². The van der Waals surface area contributed by atoms with Gasteiger partial charge in [0.1, 0.15) is 0 Å². The molecular formula is C13H20Cl2N2O. The van der Waals surface area contributed by atoms with Gasteiger partial charge in [-0.1, -0.05) is 23.7 Å². The smallest absolute Gasteiger partial charge is 0.227 e. The van der Waals surface area contributed by atoms with Gasteiger partial charge in [0.05, 0.1) is 11.5 Å². The second-order valence-corrected chi connectivity index (χ2v) is 5.27. The lowest BCUT2D eigenvalue weighted by Crippen LogP contribution is -2.42. The van der Waals surface area contributed by atoms with Crippen molar-refractivity contribution in [3.8, 4) is 0 Å². The second-order valence-electron chi connectivity index (χ2n) is 4.83. The van der Waals surface area contributed by atoms with Crippen LogP contribution in [-0.4, -0.2) is 12.5 Å². The standard InChI is InChI=1S/C13H19ClN2O.ClH/c1-9(10-4-6-11(14)7-5-10)16-12(17)13(2,3)8-15;/h4-7,9H,8,15H2,1-3H3,(H,16,17);1H. The second kappa shape index (κ2) is 6.98. The highest BCUT2D eigenvalue weighted by Crippen LogP contribution is 2.19. The molecule has 1 amide bonds. The van der Waals surface area contributed by atoms with E-state index in [-0.39, 0.29) is 24.4 Å². The van der Waals surface area contributed by atoms with Crippen LogP contribution in [0.1, 0.15) is 32.4 Å². The summed E-state index contributed by atoms with van der Waals surface area (Å²) in [6, 6.07) is 7.39. The Balaban J connectivity index is 0.00000289. The van der Waals surface area contributed by atoms with Gasteiger partial charge in [-0.3, -0.25) is 4.79 Å². The third-order valence-electron chi connectivity index (χ3n) is 2.84. The molecule has 0 bridgehead atoms. The Morgan fingerprint density at radius 2 is 1.89 bits per heavy atom. The van der Waals surface area contributed by atoms with Gasteiger partial charge < -0.3 is 11.1 Å². The van der Waals surface area contributed by atoms with E-state index in [0.29, 0.717) is 11.6 Å². The molecule has 102 valence electrons. The van der Waals surface area contributed by atoms with Crippen molar-refractivity contribution < 1.29 is 4.79 Å². The molecule has 0 aromatic heterocycles. The van der Waals surface area contributed by atoms with Crippen molar-refractivity contribution in [3.63, 3.8) is 0 Å². The van der Waals surface area contributed by atoms with E-state index in [0.717, 1.165) is 5.56 Å². The first kappa shape index (κ1) is 17.2. The minimum absolute atomic E-state index is 0. The van der Waals surface area contributed by atoms with E-state index in [1.807, 2.05) is 45.0 Å². The number of nitrogens with two attached hydrogens (primary N) is 1. The van der Waals surface area contributed by atoms with Crippen molar-refractivity contribution in [2.24, 2.45) is 11.1 Å². The number of halogens is 2. The van der Waals surface area contributed by atoms with Gasteiger partial charge in [-0.2, -0.15) is 0 Å². The molecule has 1 rings (SSSR count). The average Bonchev–Trinajstić information content (AvgIpc) is 2.29. The molecule has 3 N–H and O–H groups in total. The van der Waals surface area contributed by atoms with Crippen LogP contribution in [0.15, 0.2) is 24.3 Å². The Labute approximate surface area is 119 Å². The average molecular weight is 291 g/mol. The van der Waals surface area contributed by atoms with E-state index in [2.05, 4.69) is 5.32 Å². The summed E-state index contributed by atoms with van der Waals surface area (Å²) >= 11 is 5.81. The van der Waals surface area contributed by atoms with Crippen LogP contribution in [0.3, 0.4) is 0 Å². The normalized spacial score (nSPS) is 12.5. The van der Waals surface area contributed by atoms with Gasteiger partial charge in [0.15, 0.2) is 0 Å². The first-order valence-corrected chi connectivity index (χ1v) is 6.01. The van der Waals surface area contributed by atoms with Crippen LogP contribution in [0.25, 0.3) is 0 Å². The zero-order valence-corrected chi connectivity index (χ0v) is 12.4. The van der Waals surface area contributed by atoms with E-state index in [4.69, 9.17) is 17.3 Å². The van der Waals surface area contributed by atoms with Crippen molar-refractivity contribution in [1.82, 2.24) is 5.32 Å². The first-order chi connectivity index (χ1) is 7.86. The quantitative estimate of drug-likeness (QED) is 0.896. The largest absolute Gasteiger partial charge is 0.349 e. The number of carbonyl (C=O) groups excluding carboxylic acids is 1. The molecule has 0 radical (unpaired) electrons. The van der Waals surface area contributed by atoms with Crippen molar-refractivity contribution in [1.29, 1.82) is 0 Å². The fraction of sp³-hybridized carbons (Fsp3) is 0.462. The van der Waals surface area contributed by atoms with E-state index in [9.17, 15) is 4.79 Å². The predicted molar refractivity (Wildman–Crippen MR) is 78.1 cm³/mol. The molecule has 0 aliphatic rings. The van der Waals surface area contributed by atoms with Gasteiger partial charge in [0.25, 0.3) is 0 Å². The van der Waals surface area contributed by atoms with E-state index < -0.39 is 5.41 Å². The molecule has 0 saturated heterocycles. The Bertz CT molecular complexity index is 390. The summed E-state index contributed by atoms with van der Waals surface area (Å²) in [6.07, 6.45) is 0. The number of hydrogen-bond acceptors (Lipinski definition) is 2. The maximum absolute atomic E-state index is 11.9. The number of nitrogens with one attached hydrogen (secondary N) is 1. The molecule has 5 heteroatoms. The van der Waals surface area contributed by atoms with Crippen LogP contribution in [0, 0.1) is 5.41 Å². The zero-order valence-electron chi connectivity index (χ0n) is 10.9. The van der Waals surface area contributed by atoms with Crippen LogP contribution in [0.5, 0.6) is 0 Å². The van der Waals surface area contributed by atoms with Crippen LogP contribution in [0.4, 0.5) is 0 Å². The van der Waals surface area contributed by atoms with Crippen molar-refractivity contribution in [2.75, 3.05) is 6.54 Å². The van der Waals surface area contributed by atoms with Crippen molar-refractivity contribution in [3.05, 3.63) is 34.9 Å². The molecule has 0 saturated carbocycles. The minimum atomic E-state index is -0.541. The van der Waals surface area contributed by atoms with E-state index >= 15 is 0 Å². The summed E-state index contributed by atoms with van der Waals surface area (Å²) < 4.78 is 0. The molecule has 1 aromatic rings. The molecule has 1 aromatic carbocycles. The zero-order chi connectivity index (χ0) is 13.1. The molecule has 18 heavy (non-hydrogen) atoms. The Morgan fingerprint density at radius 3 is 2.33 bits per heavy atom. The molecule has 1 atom stereocenters. The fourth-order valence-electron chi connectivity index (χ4n) is 1.32. The van der Waals surface area contributed by atoms with Gasteiger partial charge in [-0.25, -0.2) is 0 Å². The fourth-order valence-corrected chi connectivity index (χ4v) is 1.45. The SMILES string of the molecule is CC(NC(=O)C(C)(C)CN)c1ccc(Cl)cc1.Cl. The number of amides is 1. The van der Waals surface area contributed by atoms with Gasteiger partial charge >= 0.3 is 0 Å². The lowest BCUT2D eigenvalue weighted by Gasteiger charge is -2.24. The van der Waals surface area contributed by atoms with Gasteiger partial charge in [0, 0.05) is 11.6 Å². The highest BCUT2D eigenvalue weighted by molar-refractivity contribution is 6.30. The Hall–Kier alpha value is -0.770. The monoisotopic (exact) mass is 290 g/mol. The minimum Gasteiger partial charge on any atom is -0.349 e. The molecule has 1 unspecified atom stereocenters. The van der Waals surface area contributed by atoms with Crippen molar-refractivity contribution in [2.45, 2.75) is 26.8 Å². The van der Waals surface area contributed by atoms with Gasteiger partial charge in [0.2, 0.25) is 5.91 Å². The van der Waals surface area contributed by atoms with Crippen LogP contribution in [-0.2, 0) is 4.79 Å². The molecule has 0 spiro atoms. The summed E-state index contributed by atoms with van der Waals surface area (Å²) in [6.45, 7) is 5.92. The Morgan fingerprint density at radius 1 is 1.39 bits per heavy atom. The molecule has 0 aliphatic heterocycles. The van der Waals surface area contributed by atoms with E-state index in [1.165, 1.54) is 0 Å². The Kier molecular flexibility index (Phi) is 6.68. The lowest BCUT2D eigenvalue weighted by atomic mass is 9.92. The molecule has 0 heterocycles. The molecular weight excluding hydrogens is 271 g/mol. The summed E-state index contributed by atoms with van der Waals surface area (Å²) in [5, 5.41) is 3.63. The molecule has 0 fully saturated rings. The number of carbonyl (C=O) groups is 1.